The Morgan fingerprint density at radius 1 is 1.18 bits per heavy atom. The minimum Gasteiger partial charge on any atom is -0.388 e. The number of amides is 3. The molecule has 1 aromatic carbocycles. The van der Waals surface area contributed by atoms with Crippen LogP contribution in [0.1, 0.15) is 45.9 Å². The Morgan fingerprint density at radius 2 is 1.87 bits per heavy atom. The van der Waals surface area contributed by atoms with Gasteiger partial charge in [0.25, 0.3) is 10.2 Å². The van der Waals surface area contributed by atoms with Gasteiger partial charge in [-0.3, -0.25) is 15.5 Å². The van der Waals surface area contributed by atoms with E-state index < -0.39 is 16.2 Å². The molecular weight excluding hydrogens is 520 g/mol. The highest BCUT2D eigenvalue weighted by atomic mass is 32.2. The highest BCUT2D eigenvalue weighted by Crippen LogP contribution is 2.27. The normalized spacial score (nSPS) is 13.1. The molecule has 0 spiro atoms. The molecular formula is C26H38N8O4S. The summed E-state index contributed by atoms with van der Waals surface area (Å²) >= 11 is 0. The fourth-order valence-electron chi connectivity index (χ4n) is 3.48. The van der Waals surface area contributed by atoms with Crippen molar-refractivity contribution in [3.05, 3.63) is 65.4 Å². The molecule has 0 aliphatic rings. The molecule has 212 valence electrons. The molecule has 0 atom stereocenters. The number of aromatic nitrogens is 2. The minimum absolute atomic E-state index is 0.164. The predicted octanol–water partition coefficient (Wildman–Crippen LogP) is 3.70. The summed E-state index contributed by atoms with van der Waals surface area (Å²) in [5.41, 5.74) is 6.28. The second-order valence-corrected chi connectivity index (χ2v) is 11.3. The summed E-state index contributed by atoms with van der Waals surface area (Å²) in [5, 5.41) is 18.7. The first kappa shape index (κ1) is 31.3. The van der Waals surface area contributed by atoms with Gasteiger partial charge in [-0.05, 0) is 56.7 Å². The molecule has 1 heterocycles. The van der Waals surface area contributed by atoms with E-state index >= 15 is 0 Å². The zero-order valence-electron chi connectivity index (χ0n) is 23.4. The van der Waals surface area contributed by atoms with Gasteiger partial charge >= 0.3 is 6.03 Å². The molecule has 2 aromatic rings. The molecule has 0 radical (unpaired) electrons. The number of hydrogen-bond donors (Lipinski definition) is 5. The number of urea groups is 1. The van der Waals surface area contributed by atoms with Crippen LogP contribution in [0.25, 0.3) is 5.70 Å². The highest BCUT2D eigenvalue weighted by Gasteiger charge is 2.22. The van der Waals surface area contributed by atoms with Gasteiger partial charge in [-0.1, -0.05) is 42.9 Å². The monoisotopic (exact) mass is 558 g/mol. The number of hydrogen-bond acceptors (Lipinski definition) is 6. The van der Waals surface area contributed by atoms with Crippen molar-refractivity contribution in [1.29, 1.82) is 0 Å². The molecule has 0 fully saturated rings. The van der Waals surface area contributed by atoms with Gasteiger partial charge in [-0.2, -0.15) is 13.5 Å². The van der Waals surface area contributed by atoms with Crippen molar-refractivity contribution in [2.45, 2.75) is 47.0 Å². The van der Waals surface area contributed by atoms with Crippen molar-refractivity contribution < 1.29 is 18.0 Å². The molecule has 12 nitrogen and oxygen atoms in total. The van der Waals surface area contributed by atoms with Crippen molar-refractivity contribution in [2.75, 3.05) is 29.5 Å². The maximum Gasteiger partial charge on any atom is 0.324 e. The van der Waals surface area contributed by atoms with E-state index in [-0.39, 0.29) is 18.4 Å². The maximum atomic E-state index is 12.9. The zero-order valence-corrected chi connectivity index (χ0v) is 24.2. The van der Waals surface area contributed by atoms with Crippen LogP contribution in [0.5, 0.6) is 0 Å². The molecule has 6 N–H and O–H groups in total. The number of hydrazine groups is 1. The standard InChI is InChI=1S/C26H38N8O4S/c1-8-9-21(12-10-18(2)16-33(29-17-35)39(27,37)38)34-24(15-23(32-34)26(4,5)6)31-25(36)30-20-11-13-22(28-7)19(3)14-20/h8-15,17,28H,16H2,1-7H3,(H,29,35)(H2,27,37,38)(H2,30,31,36)/b9-8-,18-10+,21-12+. The third-order valence-corrected chi connectivity index (χ3v) is 6.34. The molecule has 0 unspecified atom stereocenters. The summed E-state index contributed by atoms with van der Waals surface area (Å²) in [6.45, 7) is 11.4. The van der Waals surface area contributed by atoms with Crippen LogP contribution >= 0.6 is 0 Å². The van der Waals surface area contributed by atoms with Crippen LogP contribution in [0.4, 0.5) is 22.0 Å². The number of carbonyl (C=O) groups excluding carboxylic acids is 2. The number of benzene rings is 1. The number of nitrogens with two attached hydrogens (primary N) is 1. The lowest BCUT2D eigenvalue weighted by Crippen LogP contribution is -2.46. The first-order chi connectivity index (χ1) is 18.2. The first-order valence-electron chi connectivity index (χ1n) is 12.2. The van der Waals surface area contributed by atoms with Gasteiger partial charge in [0.05, 0.1) is 17.9 Å². The van der Waals surface area contributed by atoms with E-state index in [1.807, 2.05) is 59.9 Å². The Kier molecular flexibility index (Phi) is 10.6. The summed E-state index contributed by atoms with van der Waals surface area (Å²) in [6.07, 6.45) is 7.24. The van der Waals surface area contributed by atoms with Crippen molar-refractivity contribution in [3.8, 4) is 0 Å². The Bertz CT molecular complexity index is 1390. The van der Waals surface area contributed by atoms with Gasteiger partial charge in [0.2, 0.25) is 6.41 Å². The Labute approximate surface area is 230 Å². The van der Waals surface area contributed by atoms with Crippen molar-refractivity contribution in [1.82, 2.24) is 19.6 Å². The van der Waals surface area contributed by atoms with E-state index in [4.69, 9.17) is 10.2 Å². The molecule has 0 saturated heterocycles. The second kappa shape index (κ2) is 13.2. The molecule has 1 aromatic heterocycles. The van der Waals surface area contributed by atoms with E-state index in [1.165, 1.54) is 0 Å². The van der Waals surface area contributed by atoms with Crippen molar-refractivity contribution in [2.24, 2.45) is 5.14 Å². The van der Waals surface area contributed by atoms with Gasteiger partial charge in [0.15, 0.2) is 0 Å². The topological polar surface area (TPSA) is 163 Å². The van der Waals surface area contributed by atoms with Crippen LogP contribution in [0.3, 0.4) is 0 Å². The Morgan fingerprint density at radius 3 is 2.41 bits per heavy atom. The van der Waals surface area contributed by atoms with Gasteiger partial charge in [-0.25, -0.2) is 14.6 Å². The minimum atomic E-state index is -4.15. The molecule has 0 aliphatic heterocycles. The van der Waals surface area contributed by atoms with Crippen LogP contribution < -0.4 is 26.5 Å². The quantitative estimate of drug-likeness (QED) is 0.160. The van der Waals surface area contributed by atoms with E-state index in [1.54, 1.807) is 42.0 Å². The molecule has 0 bridgehead atoms. The lowest BCUT2D eigenvalue weighted by molar-refractivity contribution is -0.112. The number of aryl methyl sites for hydroxylation is 1. The van der Waals surface area contributed by atoms with Gasteiger partial charge in [-0.15, -0.1) is 0 Å². The largest absolute Gasteiger partial charge is 0.388 e. The van der Waals surface area contributed by atoms with Crippen LogP contribution in [0.2, 0.25) is 0 Å². The Balaban J connectivity index is 2.43. The predicted molar refractivity (Wildman–Crippen MR) is 156 cm³/mol. The summed E-state index contributed by atoms with van der Waals surface area (Å²) in [4.78, 5) is 23.7. The lowest BCUT2D eigenvalue weighted by atomic mass is 9.92. The van der Waals surface area contributed by atoms with E-state index in [2.05, 4.69) is 21.4 Å². The lowest BCUT2D eigenvalue weighted by Gasteiger charge is -2.17. The summed E-state index contributed by atoms with van der Waals surface area (Å²) in [7, 11) is -2.31. The molecule has 13 heteroatoms. The molecule has 2 rings (SSSR count). The molecule has 0 saturated carbocycles. The maximum absolute atomic E-state index is 12.9. The molecule has 39 heavy (non-hydrogen) atoms. The van der Waals surface area contributed by atoms with E-state index in [0.717, 1.165) is 16.9 Å². The number of nitrogens with zero attached hydrogens (tertiary/aromatic N) is 3. The van der Waals surface area contributed by atoms with Crippen LogP contribution in [0, 0.1) is 6.92 Å². The molecule has 3 amide bonds. The van der Waals surface area contributed by atoms with Gasteiger partial charge in [0.1, 0.15) is 5.82 Å². The smallest absolute Gasteiger partial charge is 0.324 e. The summed E-state index contributed by atoms with van der Waals surface area (Å²) in [5.74, 6) is 0.435. The van der Waals surface area contributed by atoms with Gasteiger partial charge < -0.3 is 10.6 Å². The average molecular weight is 559 g/mol. The summed E-state index contributed by atoms with van der Waals surface area (Å²) < 4.78 is 25.6. The fourth-order valence-corrected chi connectivity index (χ4v) is 4.05. The number of rotatable bonds is 11. The third kappa shape index (κ3) is 9.09. The average Bonchev–Trinajstić information content (AvgIpc) is 3.25. The second-order valence-electron chi connectivity index (χ2n) is 9.84. The zero-order chi connectivity index (χ0) is 29.4. The first-order valence-corrected chi connectivity index (χ1v) is 13.7. The van der Waals surface area contributed by atoms with Crippen molar-refractivity contribution in [3.63, 3.8) is 0 Å². The SMILES string of the molecule is C\C=C/C(=C\C=C(/C)CN(NC=O)S(N)(=O)=O)n1nc(C(C)(C)C)cc1NC(=O)Nc1ccc(NC)c(C)c1. The Hall–Kier alpha value is -3.94. The number of allylic oxidation sites excluding steroid dienone is 5. The summed E-state index contributed by atoms with van der Waals surface area (Å²) in [6, 6.07) is 6.92. The number of anilines is 3. The van der Waals surface area contributed by atoms with Crippen LogP contribution in [-0.4, -0.2) is 48.6 Å². The van der Waals surface area contributed by atoms with E-state index in [9.17, 15) is 18.0 Å². The fraction of sp³-hybridized carbons (Fsp3) is 0.346. The number of nitrogens with one attached hydrogen (secondary N) is 4. The van der Waals surface area contributed by atoms with Crippen LogP contribution in [0.15, 0.2) is 54.1 Å². The number of carbonyl (C=O) groups is 2. The van der Waals surface area contributed by atoms with Crippen molar-refractivity contribution >= 4 is 45.5 Å². The highest BCUT2D eigenvalue weighted by molar-refractivity contribution is 7.86. The molecule has 0 aliphatic carbocycles. The van der Waals surface area contributed by atoms with Crippen LogP contribution in [-0.2, 0) is 20.4 Å². The van der Waals surface area contributed by atoms with E-state index in [0.29, 0.717) is 27.2 Å². The van der Waals surface area contributed by atoms with Gasteiger partial charge in [0, 0.05) is 29.9 Å². The third-order valence-electron chi connectivity index (χ3n) is 5.49.